The summed E-state index contributed by atoms with van der Waals surface area (Å²) in [6.45, 7) is 2.55. The highest BCUT2D eigenvalue weighted by molar-refractivity contribution is 5.78. The number of halogens is 1. The fourth-order valence-electron chi connectivity index (χ4n) is 5.58. The maximum absolute atomic E-state index is 13.3. The molecule has 4 atom stereocenters. The molecule has 1 spiro atoms. The molecule has 0 unspecified atom stereocenters. The van der Waals surface area contributed by atoms with E-state index in [1.807, 2.05) is 4.90 Å². The molecule has 7 heteroatoms. The first-order valence-electron chi connectivity index (χ1n) is 10.2. The monoisotopic (exact) mass is 386 g/mol. The fourth-order valence-corrected chi connectivity index (χ4v) is 5.58. The van der Waals surface area contributed by atoms with Gasteiger partial charge in [0.05, 0.1) is 29.3 Å². The van der Waals surface area contributed by atoms with Crippen LogP contribution in [0.3, 0.4) is 0 Å². The van der Waals surface area contributed by atoms with Gasteiger partial charge in [0, 0.05) is 37.8 Å². The number of H-pyrrole nitrogens is 1. The number of aromatic amines is 1. The molecule has 2 aromatic rings. The van der Waals surface area contributed by atoms with Crippen molar-refractivity contribution in [3.63, 3.8) is 0 Å². The van der Waals surface area contributed by atoms with E-state index in [1.165, 1.54) is 12.1 Å². The third-order valence-corrected chi connectivity index (χ3v) is 6.78. The Labute approximate surface area is 164 Å². The number of rotatable bonds is 5. The molecule has 28 heavy (non-hydrogen) atoms. The molecule has 3 aliphatic rings. The van der Waals surface area contributed by atoms with Gasteiger partial charge in [-0.05, 0) is 45.1 Å². The van der Waals surface area contributed by atoms with Gasteiger partial charge >= 0.3 is 0 Å². The predicted octanol–water partition coefficient (Wildman–Crippen LogP) is 2.20. The van der Waals surface area contributed by atoms with E-state index in [-0.39, 0.29) is 17.3 Å². The molecule has 5 rings (SSSR count). The molecule has 1 N–H and O–H groups in total. The summed E-state index contributed by atoms with van der Waals surface area (Å²) in [5.74, 6) is 1.57. The topological polar surface area (TPSA) is 61.5 Å². The number of aromatic nitrogens is 2. The van der Waals surface area contributed by atoms with Crippen LogP contribution < -0.4 is 0 Å². The van der Waals surface area contributed by atoms with Gasteiger partial charge in [-0.1, -0.05) is 0 Å². The average molecular weight is 386 g/mol. The number of carbonyl (C=O) groups excluding carboxylic acids is 1. The quantitative estimate of drug-likeness (QED) is 0.856. The molecule has 0 radical (unpaired) electrons. The van der Waals surface area contributed by atoms with Crippen molar-refractivity contribution in [3.8, 4) is 0 Å². The molecule has 3 fully saturated rings. The third kappa shape index (κ3) is 2.92. The summed E-state index contributed by atoms with van der Waals surface area (Å²) in [4.78, 5) is 24.7. The number of nitrogens with zero attached hydrogens (tertiary/aromatic N) is 3. The first kappa shape index (κ1) is 18.1. The van der Waals surface area contributed by atoms with Crippen molar-refractivity contribution in [1.29, 1.82) is 0 Å². The summed E-state index contributed by atoms with van der Waals surface area (Å²) >= 11 is 0. The molecule has 0 saturated carbocycles. The number of carbonyl (C=O) groups is 1. The van der Waals surface area contributed by atoms with Gasteiger partial charge in [-0.3, -0.25) is 4.79 Å². The summed E-state index contributed by atoms with van der Waals surface area (Å²) in [5, 5.41) is 0. The Hall–Kier alpha value is -1.99. The maximum Gasteiger partial charge on any atom is 0.223 e. The highest BCUT2D eigenvalue weighted by atomic mass is 19.1. The van der Waals surface area contributed by atoms with Gasteiger partial charge in [-0.2, -0.15) is 0 Å². The predicted molar refractivity (Wildman–Crippen MR) is 103 cm³/mol. The minimum atomic E-state index is -0.288. The van der Waals surface area contributed by atoms with E-state index in [0.717, 1.165) is 43.8 Å². The highest BCUT2D eigenvalue weighted by Gasteiger charge is 2.63. The second-order valence-electron chi connectivity index (χ2n) is 8.91. The molecule has 2 bridgehead atoms. The third-order valence-electron chi connectivity index (χ3n) is 6.78. The van der Waals surface area contributed by atoms with Gasteiger partial charge in [0.15, 0.2) is 0 Å². The summed E-state index contributed by atoms with van der Waals surface area (Å²) in [5.41, 5.74) is 1.29. The lowest BCUT2D eigenvalue weighted by atomic mass is 9.73. The molecule has 150 valence electrons. The average Bonchev–Trinajstić information content (AvgIpc) is 3.38. The van der Waals surface area contributed by atoms with Gasteiger partial charge in [0.2, 0.25) is 5.91 Å². The van der Waals surface area contributed by atoms with Crippen molar-refractivity contribution < 1.29 is 13.9 Å². The standard InChI is InChI=1S/C21H27FN4O2/c1-25(2)10-14-15-11-26(12-21(15)8-7-18(14)28-21)20(27)6-5-19-23-16-4-3-13(22)9-17(16)24-19/h3-4,9,14-15,18H,5-8,10-12H2,1-2H3,(H,23,24)/t14-,15+,18+,21+/m1/s1. The smallest absolute Gasteiger partial charge is 0.223 e. The first-order valence-corrected chi connectivity index (χ1v) is 10.2. The number of benzene rings is 1. The maximum atomic E-state index is 13.3. The zero-order valence-electron chi connectivity index (χ0n) is 16.4. The Balaban J connectivity index is 1.24. The number of hydrogen-bond acceptors (Lipinski definition) is 4. The largest absolute Gasteiger partial charge is 0.369 e. The van der Waals surface area contributed by atoms with Crippen LogP contribution >= 0.6 is 0 Å². The van der Waals surface area contributed by atoms with Crippen LogP contribution in [0.5, 0.6) is 0 Å². The fraction of sp³-hybridized carbons (Fsp3) is 0.619. The summed E-state index contributed by atoms with van der Waals surface area (Å²) in [6.07, 6.45) is 3.50. The van der Waals surface area contributed by atoms with E-state index in [4.69, 9.17) is 4.74 Å². The van der Waals surface area contributed by atoms with Gasteiger partial charge in [-0.15, -0.1) is 0 Å². The Kier molecular flexibility index (Phi) is 4.21. The first-order chi connectivity index (χ1) is 13.4. The van der Waals surface area contributed by atoms with Crippen LogP contribution in [0, 0.1) is 17.7 Å². The molecular weight excluding hydrogens is 359 g/mol. The van der Waals surface area contributed by atoms with E-state index < -0.39 is 0 Å². The molecule has 1 aromatic carbocycles. The normalized spacial score (nSPS) is 31.3. The minimum absolute atomic E-state index is 0.113. The number of likely N-dealkylation sites (tertiary alicyclic amines) is 1. The number of imidazole rings is 1. The molecule has 3 aliphatic heterocycles. The minimum Gasteiger partial charge on any atom is -0.369 e. The lowest BCUT2D eigenvalue weighted by Crippen LogP contribution is -2.40. The molecule has 6 nitrogen and oxygen atoms in total. The van der Waals surface area contributed by atoms with Gasteiger partial charge < -0.3 is 19.5 Å². The SMILES string of the molecule is CN(C)C[C@H]1[C@@H]2CC[C@@]3(CN(C(=O)CCc4nc5ccc(F)cc5[nH]4)C[C@@H]13)O2. The van der Waals surface area contributed by atoms with Crippen molar-refractivity contribution in [3.05, 3.63) is 29.8 Å². The zero-order chi connectivity index (χ0) is 19.5. The molecule has 4 heterocycles. The van der Waals surface area contributed by atoms with E-state index in [9.17, 15) is 9.18 Å². The number of ether oxygens (including phenoxy) is 1. The molecular formula is C21H27FN4O2. The van der Waals surface area contributed by atoms with Crippen molar-refractivity contribution in [2.24, 2.45) is 11.8 Å². The molecule has 0 aliphatic carbocycles. The summed E-state index contributed by atoms with van der Waals surface area (Å²) in [7, 11) is 4.21. The number of nitrogens with one attached hydrogen (secondary N) is 1. The lowest BCUT2D eigenvalue weighted by Gasteiger charge is -2.30. The van der Waals surface area contributed by atoms with Crippen LogP contribution in [-0.2, 0) is 16.0 Å². The van der Waals surface area contributed by atoms with Crippen molar-refractivity contribution in [1.82, 2.24) is 19.8 Å². The number of aryl methyl sites for hydroxylation is 1. The highest BCUT2D eigenvalue weighted by Crippen LogP contribution is 2.54. The van der Waals surface area contributed by atoms with Crippen LogP contribution in [0.4, 0.5) is 4.39 Å². The van der Waals surface area contributed by atoms with E-state index in [1.54, 1.807) is 6.07 Å². The van der Waals surface area contributed by atoms with Crippen molar-refractivity contribution >= 4 is 16.9 Å². The van der Waals surface area contributed by atoms with Crippen LogP contribution in [0.1, 0.15) is 25.1 Å². The van der Waals surface area contributed by atoms with Crippen LogP contribution in [0.25, 0.3) is 11.0 Å². The van der Waals surface area contributed by atoms with Gasteiger partial charge in [0.1, 0.15) is 11.6 Å². The lowest BCUT2D eigenvalue weighted by molar-refractivity contribution is -0.131. The Morgan fingerprint density at radius 3 is 3.14 bits per heavy atom. The second kappa shape index (κ2) is 6.52. The molecule has 3 saturated heterocycles. The Morgan fingerprint density at radius 1 is 1.46 bits per heavy atom. The second-order valence-corrected chi connectivity index (χ2v) is 8.91. The number of hydrogen-bond donors (Lipinski definition) is 1. The van der Waals surface area contributed by atoms with Crippen LogP contribution in [0.2, 0.25) is 0 Å². The van der Waals surface area contributed by atoms with E-state index in [0.29, 0.717) is 36.3 Å². The van der Waals surface area contributed by atoms with E-state index in [2.05, 4.69) is 29.0 Å². The summed E-state index contributed by atoms with van der Waals surface area (Å²) < 4.78 is 19.8. The van der Waals surface area contributed by atoms with Crippen molar-refractivity contribution in [2.45, 2.75) is 37.4 Å². The van der Waals surface area contributed by atoms with Crippen LogP contribution in [0.15, 0.2) is 18.2 Å². The molecule has 1 aromatic heterocycles. The van der Waals surface area contributed by atoms with Gasteiger partial charge in [-0.25, -0.2) is 9.37 Å². The zero-order valence-corrected chi connectivity index (χ0v) is 16.4. The van der Waals surface area contributed by atoms with Crippen LogP contribution in [-0.4, -0.2) is 71.1 Å². The number of fused-ring (bicyclic) bond motifs is 2. The Bertz CT molecular complexity index is 913. The van der Waals surface area contributed by atoms with Crippen molar-refractivity contribution in [2.75, 3.05) is 33.7 Å². The van der Waals surface area contributed by atoms with E-state index >= 15 is 0 Å². The Morgan fingerprint density at radius 2 is 2.32 bits per heavy atom. The molecule has 1 amide bonds. The summed E-state index contributed by atoms with van der Waals surface area (Å²) in [6, 6.07) is 4.50. The number of amides is 1. The van der Waals surface area contributed by atoms with Gasteiger partial charge in [0.25, 0.3) is 0 Å².